The lowest BCUT2D eigenvalue weighted by molar-refractivity contribution is -0.183. The molecule has 0 aromatic rings. The molecule has 0 spiro atoms. The van der Waals surface area contributed by atoms with Crippen LogP contribution in [0.1, 0.15) is 38.5 Å². The highest BCUT2D eigenvalue weighted by Crippen LogP contribution is 2.39. The second-order valence-electron chi connectivity index (χ2n) is 4.64. The average molecular weight is 208 g/mol. The Morgan fingerprint density at radius 2 is 2.13 bits per heavy atom. The van der Waals surface area contributed by atoms with Crippen molar-refractivity contribution < 1.29 is 14.3 Å². The van der Waals surface area contributed by atoms with Crippen LogP contribution in [0.4, 0.5) is 0 Å². The highest BCUT2D eigenvalue weighted by atomic mass is 16.7. The Bertz CT molecular complexity index is 319. The van der Waals surface area contributed by atoms with E-state index < -0.39 is 0 Å². The third kappa shape index (κ3) is 1.59. The molecule has 0 N–H and O–H groups in total. The van der Waals surface area contributed by atoms with Gasteiger partial charge in [0, 0.05) is 24.3 Å². The molecule has 3 aliphatic rings. The molecule has 82 valence electrons. The molecule has 3 nitrogen and oxygen atoms in total. The summed E-state index contributed by atoms with van der Waals surface area (Å²) in [5.41, 5.74) is 0.966. The molecule has 0 radical (unpaired) electrons. The SMILES string of the molecule is O=C1CCCC2=C1C[C@H]1CCCO[C@H]1O2. The van der Waals surface area contributed by atoms with E-state index in [4.69, 9.17) is 9.47 Å². The molecule has 1 aliphatic carbocycles. The van der Waals surface area contributed by atoms with Crippen molar-refractivity contribution in [1.29, 1.82) is 0 Å². The number of allylic oxidation sites excluding steroid dienone is 2. The summed E-state index contributed by atoms with van der Waals surface area (Å²) < 4.78 is 11.4. The highest BCUT2D eigenvalue weighted by Gasteiger charge is 2.37. The quantitative estimate of drug-likeness (QED) is 0.612. The average Bonchev–Trinajstić information content (AvgIpc) is 2.27. The minimum atomic E-state index is -0.0663. The smallest absolute Gasteiger partial charge is 0.202 e. The van der Waals surface area contributed by atoms with E-state index in [0.29, 0.717) is 18.1 Å². The van der Waals surface area contributed by atoms with Gasteiger partial charge >= 0.3 is 0 Å². The normalized spacial score (nSPS) is 35.6. The van der Waals surface area contributed by atoms with Crippen LogP contribution < -0.4 is 0 Å². The van der Waals surface area contributed by atoms with E-state index in [1.807, 2.05) is 0 Å². The van der Waals surface area contributed by atoms with E-state index in [9.17, 15) is 4.79 Å². The van der Waals surface area contributed by atoms with Crippen LogP contribution in [0, 0.1) is 5.92 Å². The van der Waals surface area contributed by atoms with Gasteiger partial charge in [-0.1, -0.05) is 0 Å². The Hall–Kier alpha value is -0.830. The topological polar surface area (TPSA) is 35.5 Å². The van der Waals surface area contributed by atoms with Gasteiger partial charge in [-0.25, -0.2) is 0 Å². The summed E-state index contributed by atoms with van der Waals surface area (Å²) in [5.74, 6) is 1.65. The Kier molecular flexibility index (Phi) is 2.28. The summed E-state index contributed by atoms with van der Waals surface area (Å²) in [5, 5.41) is 0. The molecule has 0 aromatic heterocycles. The maximum Gasteiger partial charge on any atom is 0.202 e. The fraction of sp³-hybridized carbons (Fsp3) is 0.750. The number of carbonyl (C=O) groups is 1. The molecule has 0 aromatic carbocycles. The summed E-state index contributed by atoms with van der Waals surface area (Å²) in [6, 6.07) is 0. The zero-order valence-electron chi connectivity index (χ0n) is 8.83. The second-order valence-corrected chi connectivity index (χ2v) is 4.64. The molecule has 3 rings (SSSR count). The Morgan fingerprint density at radius 1 is 1.20 bits per heavy atom. The molecule has 2 aliphatic heterocycles. The van der Waals surface area contributed by atoms with Crippen molar-refractivity contribution in [2.45, 2.75) is 44.8 Å². The molecule has 0 unspecified atom stereocenters. The van der Waals surface area contributed by atoms with Crippen molar-refractivity contribution >= 4 is 5.78 Å². The van der Waals surface area contributed by atoms with Crippen molar-refractivity contribution in [3.05, 3.63) is 11.3 Å². The first kappa shape index (κ1) is 9.40. The van der Waals surface area contributed by atoms with Crippen LogP contribution in [0.25, 0.3) is 0 Å². The molecule has 0 bridgehead atoms. The third-order valence-corrected chi connectivity index (χ3v) is 3.59. The number of ketones is 1. The molecular weight excluding hydrogens is 192 g/mol. The maximum absolute atomic E-state index is 11.7. The molecule has 15 heavy (non-hydrogen) atoms. The van der Waals surface area contributed by atoms with Crippen LogP contribution in [-0.2, 0) is 14.3 Å². The van der Waals surface area contributed by atoms with Gasteiger partial charge in [0.25, 0.3) is 0 Å². The van der Waals surface area contributed by atoms with Crippen LogP contribution in [0.3, 0.4) is 0 Å². The van der Waals surface area contributed by atoms with Crippen molar-refractivity contribution in [3.8, 4) is 0 Å². The minimum Gasteiger partial charge on any atom is -0.469 e. The van der Waals surface area contributed by atoms with Crippen molar-refractivity contribution in [3.63, 3.8) is 0 Å². The van der Waals surface area contributed by atoms with Gasteiger partial charge in [0.2, 0.25) is 6.29 Å². The Labute approximate surface area is 89.4 Å². The number of Topliss-reactive ketones (excluding diaryl/α,β-unsaturated/α-hetero) is 1. The number of hydrogen-bond acceptors (Lipinski definition) is 3. The largest absolute Gasteiger partial charge is 0.469 e. The van der Waals surface area contributed by atoms with Gasteiger partial charge in [-0.05, 0) is 25.7 Å². The van der Waals surface area contributed by atoms with Gasteiger partial charge < -0.3 is 9.47 Å². The first-order valence-electron chi connectivity index (χ1n) is 5.88. The van der Waals surface area contributed by atoms with Gasteiger partial charge in [-0.3, -0.25) is 4.79 Å². The predicted molar refractivity (Wildman–Crippen MR) is 54.1 cm³/mol. The number of carbonyl (C=O) groups excluding carboxylic acids is 1. The second kappa shape index (κ2) is 3.63. The zero-order chi connectivity index (χ0) is 10.3. The minimum absolute atomic E-state index is 0.0663. The van der Waals surface area contributed by atoms with Crippen LogP contribution in [0.5, 0.6) is 0 Å². The number of rotatable bonds is 0. The van der Waals surface area contributed by atoms with E-state index in [0.717, 1.165) is 50.0 Å². The van der Waals surface area contributed by atoms with Crippen molar-refractivity contribution in [2.75, 3.05) is 6.61 Å². The standard InChI is InChI=1S/C12H16O3/c13-10-4-1-5-11-9(10)7-8-3-2-6-14-12(8)15-11/h8,12H,1-7H2/t8-,12+/m1/s1. The number of fused-ring (bicyclic) bond motifs is 1. The van der Waals surface area contributed by atoms with Gasteiger partial charge in [0.1, 0.15) is 5.76 Å². The van der Waals surface area contributed by atoms with Gasteiger partial charge in [-0.2, -0.15) is 0 Å². The lowest BCUT2D eigenvalue weighted by atomic mass is 9.84. The lowest BCUT2D eigenvalue weighted by Gasteiger charge is -2.38. The van der Waals surface area contributed by atoms with E-state index in [-0.39, 0.29) is 6.29 Å². The summed E-state index contributed by atoms with van der Waals surface area (Å²) in [7, 11) is 0. The monoisotopic (exact) mass is 208 g/mol. The number of hydrogen-bond donors (Lipinski definition) is 0. The van der Waals surface area contributed by atoms with Gasteiger partial charge in [0.15, 0.2) is 5.78 Å². The van der Waals surface area contributed by atoms with E-state index >= 15 is 0 Å². The molecule has 1 fully saturated rings. The Balaban J connectivity index is 1.86. The molecule has 3 heteroatoms. The number of ether oxygens (including phenoxy) is 2. The molecule has 1 saturated heterocycles. The maximum atomic E-state index is 11.7. The van der Waals surface area contributed by atoms with E-state index in [2.05, 4.69) is 0 Å². The fourth-order valence-electron chi connectivity index (χ4n) is 2.77. The van der Waals surface area contributed by atoms with Crippen LogP contribution >= 0.6 is 0 Å². The summed E-state index contributed by atoms with van der Waals surface area (Å²) in [4.78, 5) is 11.7. The first-order chi connectivity index (χ1) is 7.34. The molecule has 2 heterocycles. The van der Waals surface area contributed by atoms with E-state index in [1.54, 1.807) is 0 Å². The summed E-state index contributed by atoms with van der Waals surface area (Å²) in [6.07, 6.45) is 5.63. The third-order valence-electron chi connectivity index (χ3n) is 3.59. The van der Waals surface area contributed by atoms with Crippen LogP contribution in [-0.4, -0.2) is 18.7 Å². The summed E-state index contributed by atoms with van der Waals surface area (Å²) >= 11 is 0. The molecule has 2 atom stereocenters. The first-order valence-corrected chi connectivity index (χ1v) is 5.88. The van der Waals surface area contributed by atoms with E-state index in [1.165, 1.54) is 0 Å². The van der Waals surface area contributed by atoms with Crippen LogP contribution in [0.2, 0.25) is 0 Å². The van der Waals surface area contributed by atoms with Crippen molar-refractivity contribution in [2.24, 2.45) is 5.92 Å². The molecule has 0 saturated carbocycles. The predicted octanol–water partition coefficient (Wildman–Crippen LogP) is 2.17. The van der Waals surface area contributed by atoms with Gasteiger partial charge in [-0.15, -0.1) is 0 Å². The Morgan fingerprint density at radius 3 is 3.07 bits per heavy atom. The molecular formula is C12H16O3. The van der Waals surface area contributed by atoms with Gasteiger partial charge in [0.05, 0.1) is 6.61 Å². The van der Waals surface area contributed by atoms with Crippen LogP contribution in [0.15, 0.2) is 11.3 Å². The summed E-state index contributed by atoms with van der Waals surface area (Å²) in [6.45, 7) is 0.803. The molecule has 0 amide bonds. The highest BCUT2D eigenvalue weighted by molar-refractivity contribution is 5.96. The fourth-order valence-corrected chi connectivity index (χ4v) is 2.77. The van der Waals surface area contributed by atoms with Crippen molar-refractivity contribution in [1.82, 2.24) is 0 Å². The lowest BCUT2D eigenvalue weighted by Crippen LogP contribution is -2.37. The zero-order valence-corrected chi connectivity index (χ0v) is 8.83.